The molecule has 0 bridgehead atoms. The minimum absolute atomic E-state index is 0.364. The highest BCUT2D eigenvalue weighted by molar-refractivity contribution is 4.90. The van der Waals surface area contributed by atoms with Crippen molar-refractivity contribution in [2.24, 2.45) is 11.8 Å². The zero-order chi connectivity index (χ0) is 14.3. The third-order valence-electron chi connectivity index (χ3n) is 4.27. The third kappa shape index (κ3) is 5.74. The molecule has 1 saturated carbocycles. The fraction of sp³-hybridized carbons (Fsp3) is 1.00. The number of hydrogen-bond acceptors (Lipinski definition) is 2. The molecular formula is C15H29F2NO. The first-order valence-electron chi connectivity index (χ1n) is 7.62. The Kier molecular flexibility index (Phi) is 7.22. The summed E-state index contributed by atoms with van der Waals surface area (Å²) >= 11 is 0. The van der Waals surface area contributed by atoms with Crippen LogP contribution in [0.5, 0.6) is 0 Å². The summed E-state index contributed by atoms with van der Waals surface area (Å²) in [5, 5.41) is 3.34. The molecule has 0 aromatic carbocycles. The second-order valence-electron chi connectivity index (χ2n) is 6.14. The van der Waals surface area contributed by atoms with E-state index in [9.17, 15) is 8.78 Å². The van der Waals surface area contributed by atoms with Gasteiger partial charge in [0.2, 0.25) is 0 Å². The smallest absolute Gasteiger partial charge is 0.261 e. The lowest BCUT2D eigenvalue weighted by Crippen LogP contribution is -2.47. The topological polar surface area (TPSA) is 21.3 Å². The summed E-state index contributed by atoms with van der Waals surface area (Å²) in [5.74, 6) is 1.39. The van der Waals surface area contributed by atoms with Crippen LogP contribution in [-0.2, 0) is 4.74 Å². The molecule has 0 heterocycles. The van der Waals surface area contributed by atoms with E-state index in [1.165, 1.54) is 0 Å². The molecule has 0 unspecified atom stereocenters. The van der Waals surface area contributed by atoms with Crippen LogP contribution in [0.15, 0.2) is 0 Å². The van der Waals surface area contributed by atoms with Gasteiger partial charge in [0.05, 0.1) is 5.60 Å². The van der Waals surface area contributed by atoms with Crippen molar-refractivity contribution in [3.8, 4) is 0 Å². The Balaban J connectivity index is 2.50. The first-order chi connectivity index (χ1) is 8.99. The Morgan fingerprint density at radius 2 is 1.89 bits per heavy atom. The first-order valence-corrected chi connectivity index (χ1v) is 7.62. The molecule has 0 aliphatic heterocycles. The average Bonchev–Trinajstić information content (AvgIpc) is 2.37. The van der Waals surface area contributed by atoms with Crippen molar-refractivity contribution in [3.05, 3.63) is 0 Å². The second-order valence-corrected chi connectivity index (χ2v) is 6.14. The molecule has 0 aromatic heterocycles. The fourth-order valence-corrected chi connectivity index (χ4v) is 2.94. The van der Waals surface area contributed by atoms with Gasteiger partial charge in [-0.15, -0.1) is 0 Å². The van der Waals surface area contributed by atoms with Gasteiger partial charge in [0.15, 0.2) is 0 Å². The Morgan fingerprint density at radius 1 is 1.26 bits per heavy atom. The summed E-state index contributed by atoms with van der Waals surface area (Å²) in [4.78, 5) is 0. The molecule has 1 aliphatic rings. The van der Waals surface area contributed by atoms with Gasteiger partial charge in [-0.25, -0.2) is 8.78 Å². The molecule has 0 aromatic rings. The molecule has 1 rings (SSSR count). The van der Waals surface area contributed by atoms with Gasteiger partial charge >= 0.3 is 0 Å². The van der Waals surface area contributed by atoms with Crippen molar-refractivity contribution < 1.29 is 13.5 Å². The predicted octanol–water partition coefficient (Wildman–Crippen LogP) is 3.85. The van der Waals surface area contributed by atoms with E-state index in [4.69, 9.17) is 4.74 Å². The van der Waals surface area contributed by atoms with E-state index < -0.39 is 13.0 Å². The normalized spacial score (nSPS) is 28.3. The van der Waals surface area contributed by atoms with Gasteiger partial charge in [-0.05, 0) is 50.5 Å². The maximum atomic E-state index is 12.4. The fourth-order valence-electron chi connectivity index (χ4n) is 2.94. The molecule has 0 spiro atoms. The molecule has 4 heteroatoms. The van der Waals surface area contributed by atoms with Gasteiger partial charge in [-0.3, -0.25) is 0 Å². The van der Waals surface area contributed by atoms with Crippen LogP contribution >= 0.6 is 0 Å². The zero-order valence-corrected chi connectivity index (χ0v) is 12.6. The molecule has 2 nitrogen and oxygen atoms in total. The summed E-state index contributed by atoms with van der Waals surface area (Å²) in [6.07, 6.45) is 2.67. The van der Waals surface area contributed by atoms with Crippen molar-refractivity contribution in [2.45, 2.75) is 64.9 Å². The van der Waals surface area contributed by atoms with Crippen molar-refractivity contribution in [3.63, 3.8) is 0 Å². The lowest BCUT2D eigenvalue weighted by molar-refractivity contribution is -0.112. The molecule has 1 aliphatic carbocycles. The molecule has 114 valence electrons. The third-order valence-corrected chi connectivity index (χ3v) is 4.27. The lowest BCUT2D eigenvalue weighted by Gasteiger charge is -2.41. The first kappa shape index (κ1) is 16.8. The second kappa shape index (κ2) is 8.15. The number of halogens is 2. The van der Waals surface area contributed by atoms with Gasteiger partial charge in [-0.2, -0.15) is 0 Å². The Morgan fingerprint density at radius 3 is 2.37 bits per heavy atom. The van der Waals surface area contributed by atoms with E-state index >= 15 is 0 Å². The van der Waals surface area contributed by atoms with E-state index in [0.29, 0.717) is 12.5 Å². The highest BCUT2D eigenvalue weighted by atomic mass is 19.3. The van der Waals surface area contributed by atoms with E-state index in [2.05, 4.69) is 26.1 Å². The van der Waals surface area contributed by atoms with E-state index in [0.717, 1.165) is 44.6 Å². The van der Waals surface area contributed by atoms with Gasteiger partial charge in [0.25, 0.3) is 6.43 Å². The summed E-state index contributed by atoms with van der Waals surface area (Å²) in [5.41, 5.74) is -0.364. The van der Waals surface area contributed by atoms with Gasteiger partial charge in [-0.1, -0.05) is 20.8 Å². The number of rotatable bonds is 8. The quantitative estimate of drug-likeness (QED) is 0.680. The van der Waals surface area contributed by atoms with Gasteiger partial charge < -0.3 is 10.1 Å². The molecule has 0 radical (unpaired) electrons. The number of alkyl halides is 2. The largest absolute Gasteiger partial charge is 0.368 e. The van der Waals surface area contributed by atoms with Crippen LogP contribution in [0.4, 0.5) is 8.78 Å². The SMILES string of the molecule is CCCNCC1(OCC(F)F)CCC(C(C)C)CC1. The number of hydrogen-bond donors (Lipinski definition) is 1. The molecule has 0 atom stereocenters. The minimum atomic E-state index is -2.37. The highest BCUT2D eigenvalue weighted by Crippen LogP contribution is 2.38. The van der Waals surface area contributed by atoms with E-state index in [-0.39, 0.29) is 5.60 Å². The van der Waals surface area contributed by atoms with Gasteiger partial charge in [0.1, 0.15) is 6.61 Å². The molecule has 0 saturated heterocycles. The summed E-state index contributed by atoms with van der Waals surface area (Å²) in [6.45, 7) is 7.79. The predicted molar refractivity (Wildman–Crippen MR) is 74.6 cm³/mol. The Hall–Kier alpha value is -0.220. The minimum Gasteiger partial charge on any atom is -0.368 e. The zero-order valence-electron chi connectivity index (χ0n) is 12.6. The van der Waals surface area contributed by atoms with Crippen LogP contribution in [0, 0.1) is 11.8 Å². The molecular weight excluding hydrogens is 248 g/mol. The monoisotopic (exact) mass is 277 g/mol. The maximum absolute atomic E-state index is 12.4. The highest BCUT2D eigenvalue weighted by Gasteiger charge is 2.37. The van der Waals surface area contributed by atoms with E-state index in [1.807, 2.05) is 0 Å². The average molecular weight is 277 g/mol. The van der Waals surface area contributed by atoms with Crippen molar-refractivity contribution in [2.75, 3.05) is 19.7 Å². The molecule has 0 amide bonds. The lowest BCUT2D eigenvalue weighted by atomic mass is 9.74. The van der Waals surface area contributed by atoms with Crippen LogP contribution in [-0.4, -0.2) is 31.7 Å². The van der Waals surface area contributed by atoms with Crippen molar-refractivity contribution in [1.82, 2.24) is 5.32 Å². The van der Waals surface area contributed by atoms with Crippen LogP contribution in [0.3, 0.4) is 0 Å². The molecule has 19 heavy (non-hydrogen) atoms. The van der Waals surface area contributed by atoms with Gasteiger partial charge in [0, 0.05) is 6.54 Å². The number of ether oxygens (including phenoxy) is 1. The summed E-state index contributed by atoms with van der Waals surface area (Å²) in [7, 11) is 0. The van der Waals surface area contributed by atoms with Crippen LogP contribution in [0.2, 0.25) is 0 Å². The Labute approximate surface area is 116 Å². The number of nitrogens with one attached hydrogen (secondary N) is 1. The Bertz CT molecular complexity index is 238. The van der Waals surface area contributed by atoms with E-state index in [1.54, 1.807) is 0 Å². The standard InChI is InChI=1S/C15H29F2NO/c1-4-9-18-11-15(19-10-14(16)17)7-5-13(6-8-15)12(2)3/h12-14,18H,4-11H2,1-3H3. The van der Waals surface area contributed by atoms with Crippen molar-refractivity contribution in [1.29, 1.82) is 0 Å². The molecule has 1 fully saturated rings. The van der Waals surface area contributed by atoms with Crippen LogP contribution < -0.4 is 5.32 Å². The summed E-state index contributed by atoms with van der Waals surface area (Å²) < 4.78 is 30.4. The maximum Gasteiger partial charge on any atom is 0.261 e. The molecule has 1 N–H and O–H groups in total. The summed E-state index contributed by atoms with van der Waals surface area (Å²) in [6, 6.07) is 0. The van der Waals surface area contributed by atoms with Crippen LogP contribution in [0.1, 0.15) is 52.9 Å². The van der Waals surface area contributed by atoms with Crippen molar-refractivity contribution >= 4 is 0 Å². The van der Waals surface area contributed by atoms with Crippen LogP contribution in [0.25, 0.3) is 0 Å².